The molecule has 3 aromatic rings. The van der Waals surface area contributed by atoms with Crippen LogP contribution in [0.5, 0.6) is 0 Å². The fourth-order valence-corrected chi connectivity index (χ4v) is 10.6. The number of aromatic amines is 1. The van der Waals surface area contributed by atoms with Gasteiger partial charge in [-0.3, -0.25) is 76.7 Å². The Hall–Kier alpha value is -10.7. The number of carbonyl (C=O) groups excluding carboxylic acids is 13. The third-order valence-corrected chi connectivity index (χ3v) is 17.0. The van der Waals surface area contributed by atoms with Crippen molar-refractivity contribution in [1.82, 2.24) is 74.1 Å². The van der Waals surface area contributed by atoms with E-state index in [1.807, 2.05) is 0 Å². The molecule has 2 aromatic carbocycles. The van der Waals surface area contributed by atoms with E-state index in [-0.39, 0.29) is 51.7 Å². The normalized spacial score (nSPS) is 15.1. The highest BCUT2D eigenvalue weighted by Gasteiger charge is 2.39. The van der Waals surface area contributed by atoms with Gasteiger partial charge in [-0.25, -0.2) is 0 Å². The van der Waals surface area contributed by atoms with Gasteiger partial charge in [0, 0.05) is 36.4 Å². The number of rotatable bonds is 48. The highest BCUT2D eigenvalue weighted by molar-refractivity contribution is 6.00. The molecule has 0 spiro atoms. The summed E-state index contributed by atoms with van der Waals surface area (Å²) in [6, 6.07) is -5.19. The second-order valence-corrected chi connectivity index (χ2v) is 26.2. The first kappa shape index (κ1) is 90.5. The van der Waals surface area contributed by atoms with Crippen LogP contribution in [0.1, 0.15) is 105 Å². The van der Waals surface area contributed by atoms with Crippen LogP contribution in [0.3, 0.4) is 0 Å². The number of aromatic nitrogens is 1. The Labute approximate surface area is 616 Å². The van der Waals surface area contributed by atoms with Crippen LogP contribution in [0.15, 0.2) is 60.8 Å². The summed E-state index contributed by atoms with van der Waals surface area (Å²) < 4.78 is 0. The van der Waals surface area contributed by atoms with Gasteiger partial charge in [-0.05, 0) is 87.2 Å². The van der Waals surface area contributed by atoms with Crippen molar-refractivity contribution in [2.75, 3.05) is 39.4 Å². The summed E-state index contributed by atoms with van der Waals surface area (Å²) in [5.41, 5.74) is 24.7. The van der Waals surface area contributed by atoms with Gasteiger partial charge < -0.3 is 123 Å². The van der Waals surface area contributed by atoms with E-state index >= 15 is 0 Å². The smallest absolute Gasteiger partial charge is 0.325 e. The number of aliphatic carboxylic acids is 3. The number of carboxylic acid groups (broad SMARTS) is 3. The van der Waals surface area contributed by atoms with Crippen molar-refractivity contribution in [1.29, 1.82) is 0 Å². The number of aliphatic hydroxyl groups is 2. The summed E-state index contributed by atoms with van der Waals surface area (Å²) >= 11 is 0. The standard InChI is InChI=1S/C68H104N18O21/c1-8-35(6)55(67(105)75-36(7)68(106)107)86-66(104)54(34(4)5)85-60(98)42(18-19-51(90)91)77-61(99)46(26-37-14-10-9-11-15-37)81-59(97)45(22-25-71)78-58(96)44(21-24-70)79-64(102)49(32-88)83-62(100)47(27-38-29-73-41-17-13-12-16-39(38)41)82-63(101)48(31-87)76-50(89)30-74-57(95)43(20-23-69)80-65(103)53(33(2)3)84-56(94)40(72)28-52(92)93/h9-17,29,33-36,40,42-49,53-55,73,87-88H,8,18-28,30-32,69-72H2,1-7H3,(H,74,95)(H,75,105)(H,76,89)(H,77,99)(H,78,96)(H,79,102)(H,80,103)(H,81,97)(H,82,101)(H,83,100)(H,84,94)(H,85,98)(H,86,104)(H,90,91)(H,92,93)(H,106,107)/t35-,36-,40-,42-,43+,44-,45+,46-,47+,48+,49-,53+,54-,55+/m0/s1. The second-order valence-electron chi connectivity index (χ2n) is 26.2. The molecule has 0 aliphatic rings. The zero-order chi connectivity index (χ0) is 80.4. The maximum absolute atomic E-state index is 14.5. The van der Waals surface area contributed by atoms with E-state index in [2.05, 4.69) is 74.1 Å². The molecule has 39 nitrogen and oxygen atoms in total. The molecule has 592 valence electrons. The van der Waals surface area contributed by atoms with Crippen molar-refractivity contribution >= 4 is 106 Å². The molecular formula is C68H104N18O21. The third kappa shape index (κ3) is 30.0. The summed E-state index contributed by atoms with van der Waals surface area (Å²) in [5.74, 6) is -19.1. The van der Waals surface area contributed by atoms with Crippen LogP contribution in [-0.2, 0) is 89.6 Å². The number of hydrogen-bond donors (Lipinski definition) is 23. The van der Waals surface area contributed by atoms with Crippen molar-refractivity contribution in [2.45, 2.75) is 185 Å². The van der Waals surface area contributed by atoms with Gasteiger partial charge in [0.2, 0.25) is 76.8 Å². The van der Waals surface area contributed by atoms with Crippen LogP contribution in [0, 0.1) is 17.8 Å². The molecule has 0 radical (unpaired) electrons. The SMILES string of the molecule is CC[C@H](C)[C@@H](NC(=O)[C@@H](NC(=O)[C@H](CCC(=O)O)NC(=O)[C@H](Cc1ccccc1)NC(=O)[C@@H](CCN)NC(=O)[C@H](CCN)NC(=O)[C@H](CO)NC(=O)[C@@H](Cc1c[nH]c2ccccc12)NC(=O)[C@@H](CO)NC(=O)CNC(=O)[C@@H](CCN)NC(=O)[C@H](NC(=O)[C@@H](N)CC(=O)O)C(C)C)C(C)C)C(=O)N[C@@H](C)C(=O)O. The number of nitrogens with one attached hydrogen (secondary N) is 14. The predicted molar refractivity (Wildman–Crippen MR) is 383 cm³/mol. The Morgan fingerprint density at radius 3 is 1.32 bits per heavy atom. The lowest BCUT2D eigenvalue weighted by molar-refractivity contribution is -0.142. The minimum Gasteiger partial charge on any atom is -0.481 e. The minimum atomic E-state index is -1.90. The van der Waals surface area contributed by atoms with Crippen molar-refractivity contribution in [3.05, 3.63) is 71.9 Å². The van der Waals surface area contributed by atoms with E-state index in [0.29, 0.717) is 28.5 Å². The van der Waals surface area contributed by atoms with Crippen LogP contribution < -0.4 is 92.1 Å². The van der Waals surface area contributed by atoms with Crippen LogP contribution in [0.4, 0.5) is 0 Å². The Morgan fingerprint density at radius 1 is 0.430 bits per heavy atom. The van der Waals surface area contributed by atoms with E-state index in [1.165, 1.54) is 13.1 Å². The highest BCUT2D eigenvalue weighted by Crippen LogP contribution is 2.20. The summed E-state index contributed by atoms with van der Waals surface area (Å²) in [5, 5.41) is 81.2. The molecule has 0 saturated heterocycles. The number of hydrogen-bond acceptors (Lipinski definition) is 22. The van der Waals surface area contributed by atoms with Gasteiger partial charge in [-0.2, -0.15) is 0 Å². The van der Waals surface area contributed by atoms with Gasteiger partial charge in [0.1, 0.15) is 72.5 Å². The van der Waals surface area contributed by atoms with Gasteiger partial charge in [0.25, 0.3) is 0 Å². The topological polar surface area (TPSA) is 651 Å². The summed E-state index contributed by atoms with van der Waals surface area (Å²) in [6.07, 6.45) is -1.55. The number of amides is 13. The lowest BCUT2D eigenvalue weighted by Gasteiger charge is -2.30. The molecule has 13 amide bonds. The molecule has 0 saturated carbocycles. The first-order chi connectivity index (χ1) is 50.5. The zero-order valence-electron chi connectivity index (χ0n) is 60.7. The molecule has 0 aliphatic carbocycles. The molecule has 1 heterocycles. The van der Waals surface area contributed by atoms with Gasteiger partial charge in [0.05, 0.1) is 32.2 Å². The Kier molecular flexibility index (Phi) is 38.5. The molecule has 1 aromatic heterocycles. The average molecular weight is 1510 g/mol. The molecule has 27 N–H and O–H groups in total. The average Bonchev–Trinajstić information content (AvgIpc) is 1.73. The summed E-state index contributed by atoms with van der Waals surface area (Å²) in [7, 11) is 0. The van der Waals surface area contributed by atoms with Crippen LogP contribution in [-0.4, -0.2) is 243 Å². The monoisotopic (exact) mass is 1510 g/mol. The predicted octanol–water partition coefficient (Wildman–Crippen LogP) is -6.95. The van der Waals surface area contributed by atoms with Crippen LogP contribution in [0.2, 0.25) is 0 Å². The maximum atomic E-state index is 14.5. The van der Waals surface area contributed by atoms with E-state index in [0.717, 1.165) is 0 Å². The van der Waals surface area contributed by atoms with Crippen molar-refractivity contribution < 1.29 is 102 Å². The van der Waals surface area contributed by atoms with E-state index < -0.39 is 230 Å². The third-order valence-electron chi connectivity index (χ3n) is 17.0. The fraction of sp³-hybridized carbons (Fsp3) is 0.559. The quantitative estimate of drug-likeness (QED) is 0.0250. The Bertz CT molecular complexity index is 3560. The minimum absolute atomic E-state index is 0.163. The molecule has 0 fully saturated rings. The number of fused-ring (bicyclic) bond motifs is 1. The number of benzene rings is 2. The number of nitrogens with two attached hydrogens (primary N) is 4. The first-order valence-corrected chi connectivity index (χ1v) is 34.8. The maximum Gasteiger partial charge on any atom is 0.325 e. The van der Waals surface area contributed by atoms with Crippen LogP contribution >= 0.6 is 0 Å². The lowest BCUT2D eigenvalue weighted by Crippen LogP contribution is -2.62. The van der Waals surface area contributed by atoms with E-state index in [4.69, 9.17) is 28.0 Å². The van der Waals surface area contributed by atoms with E-state index in [9.17, 15) is 97.1 Å². The number of carboxylic acids is 3. The largest absolute Gasteiger partial charge is 0.481 e. The fourth-order valence-electron chi connectivity index (χ4n) is 10.6. The van der Waals surface area contributed by atoms with Gasteiger partial charge in [0.15, 0.2) is 0 Å². The molecule has 0 bridgehead atoms. The molecule has 0 aliphatic heterocycles. The molecule has 39 heteroatoms. The highest BCUT2D eigenvalue weighted by atomic mass is 16.4. The van der Waals surface area contributed by atoms with Crippen LogP contribution in [0.25, 0.3) is 10.9 Å². The van der Waals surface area contributed by atoms with E-state index in [1.54, 1.807) is 96.1 Å². The van der Waals surface area contributed by atoms with Crippen molar-refractivity contribution in [2.24, 2.45) is 40.7 Å². The van der Waals surface area contributed by atoms with Gasteiger partial charge in [-0.15, -0.1) is 0 Å². The number of H-pyrrole nitrogens is 1. The lowest BCUT2D eigenvalue weighted by atomic mass is 9.96. The Balaban J connectivity index is 1.87. The first-order valence-electron chi connectivity index (χ1n) is 34.8. The second kappa shape index (κ2) is 45.6. The molecule has 0 unspecified atom stereocenters. The molecule has 107 heavy (non-hydrogen) atoms. The summed E-state index contributed by atoms with van der Waals surface area (Å²) in [4.78, 5) is 217. The number of para-hydroxylation sites is 1. The summed E-state index contributed by atoms with van der Waals surface area (Å²) in [6.45, 7) is 6.99. The molecular weight excluding hydrogens is 1400 g/mol. The number of aliphatic hydroxyl groups excluding tert-OH is 2. The van der Waals surface area contributed by atoms with Gasteiger partial charge >= 0.3 is 17.9 Å². The van der Waals surface area contributed by atoms with Crippen molar-refractivity contribution in [3.8, 4) is 0 Å². The van der Waals surface area contributed by atoms with Gasteiger partial charge in [-0.1, -0.05) is 96.5 Å². The Morgan fingerprint density at radius 2 is 0.832 bits per heavy atom. The number of carbonyl (C=O) groups is 16. The van der Waals surface area contributed by atoms with Crippen molar-refractivity contribution in [3.63, 3.8) is 0 Å². The molecule has 14 atom stereocenters. The zero-order valence-corrected chi connectivity index (χ0v) is 60.7. The molecule has 3 rings (SSSR count).